The quantitative estimate of drug-likeness (QED) is 0.707. The lowest BCUT2D eigenvalue weighted by atomic mass is 10.1. The lowest BCUT2D eigenvalue weighted by Crippen LogP contribution is -3.04. The summed E-state index contributed by atoms with van der Waals surface area (Å²) in [5.41, 5.74) is 2.31. The summed E-state index contributed by atoms with van der Waals surface area (Å²) in [5, 5.41) is 11.7. The SMILES string of the molecule is C[NH+](C)Cc1c[nH]c2ccc(C(=O)[O-])cc12. The summed E-state index contributed by atoms with van der Waals surface area (Å²) < 4.78 is 0. The van der Waals surface area contributed by atoms with Crippen molar-refractivity contribution in [3.05, 3.63) is 35.5 Å². The zero-order valence-corrected chi connectivity index (χ0v) is 9.33. The van der Waals surface area contributed by atoms with Crippen LogP contribution < -0.4 is 10.0 Å². The van der Waals surface area contributed by atoms with Crippen LogP contribution in [-0.2, 0) is 6.54 Å². The van der Waals surface area contributed by atoms with Crippen molar-refractivity contribution in [2.24, 2.45) is 0 Å². The van der Waals surface area contributed by atoms with E-state index in [0.29, 0.717) is 0 Å². The molecule has 16 heavy (non-hydrogen) atoms. The van der Waals surface area contributed by atoms with Crippen LogP contribution in [0, 0.1) is 0 Å². The fraction of sp³-hybridized carbons (Fsp3) is 0.250. The van der Waals surface area contributed by atoms with E-state index >= 15 is 0 Å². The maximum atomic E-state index is 10.8. The third kappa shape index (κ3) is 1.92. The Morgan fingerprint density at radius 3 is 2.81 bits per heavy atom. The first kappa shape index (κ1) is 10.7. The number of quaternary nitrogens is 1. The molecule has 0 spiro atoms. The molecule has 0 fully saturated rings. The summed E-state index contributed by atoms with van der Waals surface area (Å²) in [7, 11) is 4.11. The number of rotatable bonds is 3. The third-order valence-electron chi connectivity index (χ3n) is 2.55. The van der Waals surface area contributed by atoms with Crippen LogP contribution in [0.25, 0.3) is 10.9 Å². The molecule has 0 atom stereocenters. The molecule has 1 aromatic heterocycles. The van der Waals surface area contributed by atoms with Gasteiger partial charge in [0.15, 0.2) is 0 Å². The topological polar surface area (TPSA) is 60.4 Å². The number of hydrogen-bond acceptors (Lipinski definition) is 2. The zero-order chi connectivity index (χ0) is 11.7. The second-order valence-electron chi connectivity index (χ2n) is 4.25. The number of aromatic nitrogens is 1. The maximum absolute atomic E-state index is 10.8. The van der Waals surface area contributed by atoms with E-state index < -0.39 is 5.97 Å². The van der Waals surface area contributed by atoms with Gasteiger partial charge >= 0.3 is 0 Å². The highest BCUT2D eigenvalue weighted by Crippen LogP contribution is 2.19. The average Bonchev–Trinajstić information content (AvgIpc) is 2.60. The monoisotopic (exact) mass is 218 g/mol. The van der Waals surface area contributed by atoms with E-state index in [-0.39, 0.29) is 5.56 Å². The zero-order valence-electron chi connectivity index (χ0n) is 9.33. The minimum absolute atomic E-state index is 0.224. The first-order chi connectivity index (χ1) is 7.58. The van der Waals surface area contributed by atoms with E-state index in [1.54, 1.807) is 18.2 Å². The third-order valence-corrected chi connectivity index (χ3v) is 2.55. The Kier molecular flexibility index (Phi) is 2.66. The van der Waals surface area contributed by atoms with Gasteiger partial charge in [-0.25, -0.2) is 0 Å². The van der Waals surface area contributed by atoms with Gasteiger partial charge in [0, 0.05) is 22.7 Å². The molecule has 0 saturated carbocycles. The standard InChI is InChI=1S/C12H14N2O2/c1-14(2)7-9-6-13-11-4-3-8(12(15)16)5-10(9)11/h3-6,13H,7H2,1-2H3,(H,15,16). The van der Waals surface area contributed by atoms with Crippen molar-refractivity contribution in [2.75, 3.05) is 14.1 Å². The highest BCUT2D eigenvalue weighted by atomic mass is 16.4. The molecule has 0 amide bonds. The number of benzene rings is 1. The number of fused-ring (bicyclic) bond motifs is 1. The number of aromatic carboxylic acids is 1. The fourth-order valence-corrected chi connectivity index (χ4v) is 1.83. The van der Waals surface area contributed by atoms with Gasteiger partial charge in [-0.3, -0.25) is 0 Å². The summed E-state index contributed by atoms with van der Waals surface area (Å²) in [6, 6.07) is 4.99. The predicted molar refractivity (Wildman–Crippen MR) is 59.1 cm³/mol. The average molecular weight is 218 g/mol. The van der Waals surface area contributed by atoms with Crippen molar-refractivity contribution in [1.82, 2.24) is 4.98 Å². The molecule has 0 aliphatic carbocycles. The molecule has 4 heteroatoms. The molecule has 2 aromatic rings. The van der Waals surface area contributed by atoms with Crippen molar-refractivity contribution in [2.45, 2.75) is 6.54 Å². The fourth-order valence-electron chi connectivity index (χ4n) is 1.83. The van der Waals surface area contributed by atoms with Crippen LogP contribution in [-0.4, -0.2) is 25.0 Å². The lowest BCUT2D eigenvalue weighted by Gasteiger charge is -2.06. The number of carbonyl (C=O) groups excluding carboxylic acids is 1. The van der Waals surface area contributed by atoms with Crippen molar-refractivity contribution < 1.29 is 14.8 Å². The molecular weight excluding hydrogens is 204 g/mol. The Hall–Kier alpha value is -1.81. The van der Waals surface area contributed by atoms with E-state index in [1.165, 1.54) is 4.90 Å². The summed E-state index contributed by atoms with van der Waals surface area (Å²) >= 11 is 0. The normalized spacial score (nSPS) is 11.2. The Morgan fingerprint density at radius 1 is 1.44 bits per heavy atom. The Bertz CT molecular complexity index is 529. The van der Waals surface area contributed by atoms with E-state index in [1.807, 2.05) is 6.20 Å². The van der Waals surface area contributed by atoms with Gasteiger partial charge in [-0.1, -0.05) is 6.07 Å². The van der Waals surface area contributed by atoms with E-state index in [9.17, 15) is 9.90 Å². The number of carboxylic acids is 1. The molecule has 1 aromatic carbocycles. The van der Waals surface area contributed by atoms with Crippen molar-refractivity contribution in [3.63, 3.8) is 0 Å². The molecule has 1 heterocycles. The number of carbonyl (C=O) groups is 1. The van der Waals surface area contributed by atoms with Gasteiger partial charge in [0.2, 0.25) is 0 Å². The number of hydrogen-bond donors (Lipinski definition) is 2. The van der Waals surface area contributed by atoms with Gasteiger partial charge in [0.05, 0.1) is 20.1 Å². The van der Waals surface area contributed by atoms with Gasteiger partial charge in [0.1, 0.15) is 6.54 Å². The van der Waals surface area contributed by atoms with Crippen LogP contribution in [0.1, 0.15) is 15.9 Å². The van der Waals surface area contributed by atoms with Gasteiger partial charge in [-0.15, -0.1) is 0 Å². The number of H-pyrrole nitrogens is 1. The highest BCUT2D eigenvalue weighted by molar-refractivity contribution is 5.93. The molecule has 0 saturated heterocycles. The molecule has 84 valence electrons. The summed E-state index contributed by atoms with van der Waals surface area (Å²) in [6.07, 6.45) is 1.93. The second kappa shape index (κ2) is 3.98. The van der Waals surface area contributed by atoms with E-state index in [0.717, 1.165) is 23.0 Å². The van der Waals surface area contributed by atoms with Crippen LogP contribution in [0.15, 0.2) is 24.4 Å². The highest BCUT2D eigenvalue weighted by Gasteiger charge is 2.07. The Morgan fingerprint density at radius 2 is 2.19 bits per heavy atom. The van der Waals surface area contributed by atoms with Gasteiger partial charge in [0.25, 0.3) is 0 Å². The van der Waals surface area contributed by atoms with Crippen LogP contribution in [0.3, 0.4) is 0 Å². The molecule has 2 rings (SSSR count). The van der Waals surface area contributed by atoms with Crippen molar-refractivity contribution in [1.29, 1.82) is 0 Å². The van der Waals surface area contributed by atoms with Crippen LogP contribution in [0.5, 0.6) is 0 Å². The first-order valence-corrected chi connectivity index (χ1v) is 5.18. The number of aromatic amines is 1. The number of carboxylic acid groups (broad SMARTS) is 1. The second-order valence-corrected chi connectivity index (χ2v) is 4.25. The molecule has 0 aliphatic rings. The van der Waals surface area contributed by atoms with Gasteiger partial charge in [-0.2, -0.15) is 0 Å². The molecule has 0 aliphatic heterocycles. The van der Waals surface area contributed by atoms with E-state index in [2.05, 4.69) is 19.1 Å². The van der Waals surface area contributed by atoms with Crippen molar-refractivity contribution >= 4 is 16.9 Å². The van der Waals surface area contributed by atoms with Gasteiger partial charge in [-0.05, 0) is 17.7 Å². The Labute approximate surface area is 93.5 Å². The minimum Gasteiger partial charge on any atom is -0.545 e. The molecular formula is C12H14N2O2. The molecule has 0 radical (unpaired) electrons. The van der Waals surface area contributed by atoms with Crippen LogP contribution >= 0.6 is 0 Å². The molecule has 0 unspecified atom stereocenters. The van der Waals surface area contributed by atoms with E-state index in [4.69, 9.17) is 0 Å². The molecule has 4 nitrogen and oxygen atoms in total. The maximum Gasteiger partial charge on any atom is 0.104 e. The first-order valence-electron chi connectivity index (χ1n) is 5.18. The largest absolute Gasteiger partial charge is 0.545 e. The summed E-state index contributed by atoms with van der Waals surface area (Å²) in [4.78, 5) is 15.2. The van der Waals surface area contributed by atoms with Crippen molar-refractivity contribution in [3.8, 4) is 0 Å². The summed E-state index contributed by atoms with van der Waals surface area (Å²) in [5.74, 6) is -1.13. The lowest BCUT2D eigenvalue weighted by molar-refractivity contribution is -0.872. The van der Waals surface area contributed by atoms with Crippen LogP contribution in [0.2, 0.25) is 0 Å². The Balaban J connectivity index is 2.51. The van der Waals surface area contributed by atoms with Gasteiger partial charge < -0.3 is 19.8 Å². The minimum atomic E-state index is -1.13. The molecule has 2 N–H and O–H groups in total. The number of nitrogens with one attached hydrogen (secondary N) is 2. The summed E-state index contributed by atoms with van der Waals surface area (Å²) in [6.45, 7) is 0.858. The molecule has 0 bridgehead atoms. The predicted octanol–water partition coefficient (Wildman–Crippen LogP) is -0.824. The smallest absolute Gasteiger partial charge is 0.104 e. The van der Waals surface area contributed by atoms with Crippen LogP contribution in [0.4, 0.5) is 0 Å².